The monoisotopic (exact) mass is 448 g/mol. The number of piperidine rings is 1. The zero-order valence-electron chi connectivity index (χ0n) is 16.2. The van der Waals surface area contributed by atoms with Crippen LogP contribution in [0, 0.1) is 5.92 Å². The number of hydrogen-bond donors (Lipinski definition) is 0. The van der Waals surface area contributed by atoms with E-state index in [1.165, 1.54) is 0 Å². The van der Waals surface area contributed by atoms with Crippen molar-refractivity contribution in [2.75, 3.05) is 26.3 Å². The lowest BCUT2D eigenvalue weighted by Gasteiger charge is -2.32. The van der Waals surface area contributed by atoms with Gasteiger partial charge in [-0.3, -0.25) is 4.79 Å². The number of sulfonamides is 1. The number of rotatable bonds is 5. The van der Waals surface area contributed by atoms with Crippen LogP contribution in [0.25, 0.3) is 0 Å². The highest BCUT2D eigenvalue weighted by Crippen LogP contribution is 2.29. The average Bonchev–Trinajstić information content (AvgIpc) is 3.04. The summed E-state index contributed by atoms with van der Waals surface area (Å²) in [7, 11) is -3.64. The third kappa shape index (κ3) is 4.44. The Hall–Kier alpha value is -2.58. The second kappa shape index (κ2) is 8.65. The van der Waals surface area contributed by atoms with Gasteiger partial charge in [0.1, 0.15) is 23.9 Å². The van der Waals surface area contributed by atoms with Gasteiger partial charge in [0.25, 0.3) is 10.0 Å². The maximum Gasteiger partial charge on any atom is 0.309 e. The first kappa shape index (κ1) is 20.7. The molecule has 0 atom stereocenters. The van der Waals surface area contributed by atoms with Crippen molar-refractivity contribution in [3.8, 4) is 5.75 Å². The van der Waals surface area contributed by atoms with E-state index in [9.17, 15) is 13.2 Å². The van der Waals surface area contributed by atoms with Crippen molar-refractivity contribution < 1.29 is 22.7 Å². The van der Waals surface area contributed by atoms with Crippen molar-refractivity contribution in [1.29, 1.82) is 0 Å². The fraction of sp³-hybridized carbons (Fsp3) is 0.333. The van der Waals surface area contributed by atoms with Crippen LogP contribution in [0.5, 0.6) is 5.75 Å². The highest BCUT2D eigenvalue weighted by molar-refractivity contribution is 7.90. The predicted octanol–water partition coefficient (Wildman–Crippen LogP) is 3.12. The zero-order valence-corrected chi connectivity index (χ0v) is 17.7. The Morgan fingerprint density at radius 3 is 2.50 bits per heavy atom. The van der Waals surface area contributed by atoms with Crippen LogP contribution in [0.4, 0.5) is 0 Å². The molecule has 7 nitrogen and oxygen atoms in total. The molecule has 158 valence electrons. The van der Waals surface area contributed by atoms with Crippen molar-refractivity contribution in [3.05, 3.63) is 59.1 Å². The van der Waals surface area contributed by atoms with Crippen molar-refractivity contribution >= 4 is 33.4 Å². The van der Waals surface area contributed by atoms with E-state index in [0.717, 1.165) is 0 Å². The van der Waals surface area contributed by atoms with Crippen LogP contribution in [-0.4, -0.2) is 51.4 Å². The fourth-order valence-electron chi connectivity index (χ4n) is 3.59. The van der Waals surface area contributed by atoms with Gasteiger partial charge in [0.15, 0.2) is 5.84 Å². The van der Waals surface area contributed by atoms with Gasteiger partial charge in [-0.1, -0.05) is 23.7 Å². The molecule has 9 heteroatoms. The number of likely N-dealkylation sites (tertiary alicyclic amines) is 1. The Labute approximate surface area is 180 Å². The van der Waals surface area contributed by atoms with Crippen LogP contribution in [0.1, 0.15) is 18.4 Å². The first-order chi connectivity index (χ1) is 14.4. The lowest BCUT2D eigenvalue weighted by atomic mass is 9.96. The molecular formula is C21H21ClN2O5S. The average molecular weight is 449 g/mol. The van der Waals surface area contributed by atoms with Gasteiger partial charge in [0, 0.05) is 23.7 Å². The first-order valence-electron chi connectivity index (χ1n) is 9.68. The molecule has 0 aliphatic carbocycles. The topological polar surface area (TPSA) is 85.3 Å². The maximum atomic E-state index is 12.3. The van der Waals surface area contributed by atoms with Crippen LogP contribution < -0.4 is 4.74 Å². The molecule has 0 spiro atoms. The maximum absolute atomic E-state index is 12.3. The van der Waals surface area contributed by atoms with E-state index in [4.69, 9.17) is 21.1 Å². The first-order valence-corrected chi connectivity index (χ1v) is 11.5. The summed E-state index contributed by atoms with van der Waals surface area (Å²) in [6.07, 6.45) is 1.16. The van der Waals surface area contributed by atoms with Crippen LogP contribution in [0.15, 0.2) is 57.8 Å². The van der Waals surface area contributed by atoms with Gasteiger partial charge < -0.3 is 14.4 Å². The summed E-state index contributed by atoms with van der Waals surface area (Å²) in [6.45, 7) is 1.52. The lowest BCUT2D eigenvalue weighted by Crippen LogP contribution is -2.40. The van der Waals surface area contributed by atoms with E-state index >= 15 is 0 Å². The number of fused-ring (bicyclic) bond motifs is 1. The van der Waals surface area contributed by atoms with E-state index in [0.29, 0.717) is 48.1 Å². The number of esters is 1. The zero-order chi connectivity index (χ0) is 21.1. The number of halogens is 1. The minimum Gasteiger partial charge on any atom is -0.490 e. The SMILES string of the molecule is O=C(OCCOc1ccc(Cl)cc1)C1CCN(C2=NS(=O)(=O)c3ccccc32)CC1. The van der Waals surface area contributed by atoms with Gasteiger partial charge in [0.2, 0.25) is 0 Å². The fourth-order valence-corrected chi connectivity index (χ4v) is 4.95. The Morgan fingerprint density at radius 2 is 1.77 bits per heavy atom. The molecule has 0 saturated carbocycles. The molecule has 0 aromatic heterocycles. The highest BCUT2D eigenvalue weighted by atomic mass is 35.5. The van der Waals surface area contributed by atoms with Crippen molar-refractivity contribution in [1.82, 2.24) is 4.90 Å². The molecular weight excluding hydrogens is 428 g/mol. The summed E-state index contributed by atoms with van der Waals surface area (Å²) in [5.74, 6) is 0.659. The number of ether oxygens (including phenoxy) is 2. The smallest absolute Gasteiger partial charge is 0.309 e. The predicted molar refractivity (Wildman–Crippen MR) is 112 cm³/mol. The van der Waals surface area contributed by atoms with Crippen molar-refractivity contribution in [2.45, 2.75) is 17.7 Å². The van der Waals surface area contributed by atoms with Crippen molar-refractivity contribution in [3.63, 3.8) is 0 Å². The van der Waals surface area contributed by atoms with Gasteiger partial charge in [-0.2, -0.15) is 8.42 Å². The Kier molecular flexibility index (Phi) is 5.97. The van der Waals surface area contributed by atoms with Crippen LogP contribution in [0.2, 0.25) is 5.02 Å². The van der Waals surface area contributed by atoms with Gasteiger partial charge in [0.05, 0.1) is 5.92 Å². The standard InChI is InChI=1S/C21H21ClN2O5S/c22-16-5-7-17(8-6-16)28-13-14-29-21(25)15-9-11-24(12-10-15)20-18-3-1-2-4-19(18)30(26,27)23-20/h1-8,15H,9-14H2. The lowest BCUT2D eigenvalue weighted by molar-refractivity contribution is -0.150. The Bertz CT molecular complexity index is 1060. The summed E-state index contributed by atoms with van der Waals surface area (Å²) >= 11 is 5.83. The van der Waals surface area contributed by atoms with Gasteiger partial charge in [-0.05, 0) is 49.2 Å². The number of carbonyl (C=O) groups is 1. The van der Waals surface area contributed by atoms with Gasteiger partial charge in [-0.25, -0.2) is 0 Å². The van der Waals surface area contributed by atoms with E-state index in [1.807, 2.05) is 4.90 Å². The largest absolute Gasteiger partial charge is 0.490 e. The molecule has 0 amide bonds. The number of hydrogen-bond acceptors (Lipinski definition) is 6. The van der Waals surface area contributed by atoms with Crippen LogP contribution in [-0.2, 0) is 19.6 Å². The molecule has 1 fully saturated rings. The van der Waals surface area contributed by atoms with E-state index in [1.54, 1.807) is 48.5 Å². The number of amidine groups is 1. The van der Waals surface area contributed by atoms with E-state index < -0.39 is 10.0 Å². The van der Waals surface area contributed by atoms with Gasteiger partial charge >= 0.3 is 5.97 Å². The van der Waals surface area contributed by atoms with Crippen LogP contribution in [0.3, 0.4) is 0 Å². The Balaban J connectivity index is 1.26. The molecule has 0 N–H and O–H groups in total. The van der Waals surface area contributed by atoms with Gasteiger partial charge in [-0.15, -0.1) is 4.40 Å². The molecule has 1 saturated heterocycles. The van der Waals surface area contributed by atoms with E-state index in [2.05, 4.69) is 4.40 Å². The Morgan fingerprint density at radius 1 is 1.07 bits per heavy atom. The van der Waals surface area contributed by atoms with E-state index in [-0.39, 0.29) is 30.0 Å². The quantitative estimate of drug-likeness (QED) is 0.516. The second-order valence-electron chi connectivity index (χ2n) is 7.12. The summed E-state index contributed by atoms with van der Waals surface area (Å²) in [5, 5.41) is 0.629. The normalized spacial score (nSPS) is 17.9. The third-order valence-corrected chi connectivity index (χ3v) is 6.73. The molecule has 30 heavy (non-hydrogen) atoms. The summed E-state index contributed by atoms with van der Waals surface area (Å²) in [6, 6.07) is 13.8. The van der Waals surface area contributed by atoms with Crippen LogP contribution >= 0.6 is 11.6 Å². The minimum absolute atomic E-state index is 0.167. The number of nitrogens with zero attached hydrogens (tertiary/aromatic N) is 2. The molecule has 2 aliphatic rings. The second-order valence-corrected chi connectivity index (χ2v) is 9.13. The number of benzene rings is 2. The molecule has 0 unspecified atom stereocenters. The molecule has 2 aromatic carbocycles. The summed E-state index contributed by atoms with van der Waals surface area (Å²) in [4.78, 5) is 14.5. The van der Waals surface area contributed by atoms with Crippen molar-refractivity contribution in [2.24, 2.45) is 10.3 Å². The molecule has 2 aliphatic heterocycles. The molecule has 2 aromatic rings. The number of carbonyl (C=O) groups excluding carboxylic acids is 1. The third-order valence-electron chi connectivity index (χ3n) is 5.15. The summed E-state index contributed by atoms with van der Waals surface area (Å²) < 4.78 is 39.3. The minimum atomic E-state index is -3.64. The molecule has 2 heterocycles. The molecule has 4 rings (SSSR count). The molecule has 0 bridgehead atoms. The summed E-state index contributed by atoms with van der Waals surface area (Å²) in [5.41, 5.74) is 0.623. The highest BCUT2D eigenvalue weighted by Gasteiger charge is 2.34. The molecule has 0 radical (unpaired) electrons.